The van der Waals surface area contributed by atoms with Crippen LogP contribution in [0.15, 0.2) is 4.60 Å². The molecule has 1 rings (SSSR count). The van der Waals surface area contributed by atoms with Crippen LogP contribution in [0, 0.1) is 16.1 Å². The normalized spacial score (nSPS) is 11.8. The van der Waals surface area contributed by atoms with Crippen LogP contribution < -0.4 is 0 Å². The molecule has 0 radical (unpaired) electrons. The van der Waals surface area contributed by atoms with Crippen LogP contribution in [0.25, 0.3) is 0 Å². The molecule has 0 aliphatic rings. The minimum Gasteiger partial charge on any atom is -0.258 e. The number of hydrogen-bond donors (Lipinski definition) is 0. The molecule has 0 fully saturated rings. The van der Waals surface area contributed by atoms with Gasteiger partial charge in [-0.05, 0) is 36.7 Å². The number of rotatable bonds is 1. The predicted molar refractivity (Wildman–Crippen MR) is 51.5 cm³/mol. The van der Waals surface area contributed by atoms with E-state index in [4.69, 9.17) is 0 Å². The highest BCUT2D eigenvalue weighted by Crippen LogP contribution is 2.30. The Morgan fingerprint density at radius 1 is 1.57 bits per heavy atom. The van der Waals surface area contributed by atoms with Crippen molar-refractivity contribution >= 4 is 21.6 Å². The van der Waals surface area contributed by atoms with E-state index in [0.717, 1.165) is 4.68 Å². The topological polar surface area (TPSA) is 61.0 Å². The third-order valence-electron chi connectivity index (χ3n) is 1.58. The monoisotopic (exact) mass is 265 g/mol. The maximum Gasteiger partial charge on any atom is 0.357 e. The van der Waals surface area contributed by atoms with Crippen LogP contribution in [0.2, 0.25) is 0 Å². The van der Waals surface area contributed by atoms with Crippen LogP contribution in [0.3, 0.4) is 0 Å². The molecule has 0 bridgehead atoms. The Bertz CT molecular complexity index is 383. The zero-order chi connectivity index (χ0) is 11.1. The van der Waals surface area contributed by atoms with Gasteiger partial charge < -0.3 is 0 Å². The van der Waals surface area contributed by atoms with Crippen molar-refractivity contribution in [3.8, 4) is 0 Å². The third-order valence-corrected chi connectivity index (χ3v) is 2.12. The first-order chi connectivity index (χ1) is 6.25. The number of nitrogens with zero attached hydrogens (tertiary/aromatic N) is 3. The second-order valence-corrected chi connectivity index (χ2v) is 4.52. The standard InChI is InChI=1S/C7H9BrFN3O2/c1-7(2,3)11-6(9)4(12(13)14)5(8)10-11/h1-3H3. The molecule has 0 saturated carbocycles. The van der Waals surface area contributed by atoms with Gasteiger partial charge in [-0.25, -0.2) is 4.68 Å². The first-order valence-corrected chi connectivity index (χ1v) is 4.63. The van der Waals surface area contributed by atoms with E-state index in [-0.39, 0.29) is 4.60 Å². The minimum absolute atomic E-state index is 0.0880. The second kappa shape index (κ2) is 3.30. The molecule has 0 unspecified atom stereocenters. The summed E-state index contributed by atoms with van der Waals surface area (Å²) in [7, 11) is 0. The molecule has 0 amide bonds. The van der Waals surface area contributed by atoms with Gasteiger partial charge in [0.1, 0.15) is 0 Å². The van der Waals surface area contributed by atoms with Crippen molar-refractivity contribution in [2.75, 3.05) is 0 Å². The van der Waals surface area contributed by atoms with Gasteiger partial charge in [-0.2, -0.15) is 9.49 Å². The van der Waals surface area contributed by atoms with E-state index in [0.29, 0.717) is 0 Å². The van der Waals surface area contributed by atoms with Crippen molar-refractivity contribution in [2.24, 2.45) is 0 Å². The van der Waals surface area contributed by atoms with Gasteiger partial charge in [0, 0.05) is 0 Å². The van der Waals surface area contributed by atoms with Crippen molar-refractivity contribution in [1.82, 2.24) is 9.78 Å². The second-order valence-electron chi connectivity index (χ2n) is 3.77. The number of aromatic nitrogens is 2. The molecule has 14 heavy (non-hydrogen) atoms. The summed E-state index contributed by atoms with van der Waals surface area (Å²) in [6, 6.07) is 0. The Morgan fingerprint density at radius 2 is 2.07 bits per heavy atom. The highest BCUT2D eigenvalue weighted by atomic mass is 79.9. The van der Waals surface area contributed by atoms with E-state index in [1.54, 1.807) is 20.8 Å². The van der Waals surface area contributed by atoms with Crippen molar-refractivity contribution < 1.29 is 9.31 Å². The molecule has 5 nitrogen and oxygen atoms in total. The predicted octanol–water partition coefficient (Wildman–Crippen LogP) is 2.45. The lowest BCUT2D eigenvalue weighted by atomic mass is 10.1. The SMILES string of the molecule is CC(C)(C)n1nc(Br)c([N+](=O)[O-])c1F. The van der Waals surface area contributed by atoms with Crippen molar-refractivity contribution in [3.63, 3.8) is 0 Å². The van der Waals surface area contributed by atoms with Crippen LogP contribution in [0.5, 0.6) is 0 Å². The summed E-state index contributed by atoms with van der Waals surface area (Å²) >= 11 is 2.85. The Labute approximate surface area is 88.2 Å². The number of halogens is 2. The molecule has 0 aliphatic carbocycles. The Hall–Kier alpha value is -0.980. The van der Waals surface area contributed by atoms with Crippen LogP contribution in [0.1, 0.15) is 20.8 Å². The van der Waals surface area contributed by atoms with Gasteiger partial charge in [-0.15, -0.1) is 0 Å². The fourth-order valence-electron chi connectivity index (χ4n) is 0.960. The zero-order valence-electron chi connectivity index (χ0n) is 7.91. The van der Waals surface area contributed by atoms with E-state index < -0.39 is 22.1 Å². The molecular weight excluding hydrogens is 257 g/mol. The summed E-state index contributed by atoms with van der Waals surface area (Å²) in [6.45, 7) is 5.12. The molecule has 0 saturated heterocycles. The van der Waals surface area contributed by atoms with E-state index in [1.165, 1.54) is 0 Å². The van der Waals surface area contributed by atoms with Crippen molar-refractivity contribution in [1.29, 1.82) is 0 Å². The van der Waals surface area contributed by atoms with Gasteiger partial charge in [-0.3, -0.25) is 10.1 Å². The summed E-state index contributed by atoms with van der Waals surface area (Å²) in [6.07, 6.45) is 0. The first-order valence-electron chi connectivity index (χ1n) is 3.84. The average molecular weight is 266 g/mol. The lowest BCUT2D eigenvalue weighted by Crippen LogP contribution is -2.24. The van der Waals surface area contributed by atoms with Gasteiger partial charge in [-0.1, -0.05) is 0 Å². The van der Waals surface area contributed by atoms with Gasteiger partial charge in [0.05, 0.1) is 10.5 Å². The number of hydrogen-bond acceptors (Lipinski definition) is 3. The molecule has 1 aromatic rings. The minimum atomic E-state index is -0.936. The molecule has 0 atom stereocenters. The Balaban J connectivity index is 3.39. The van der Waals surface area contributed by atoms with E-state index in [2.05, 4.69) is 21.0 Å². The molecule has 78 valence electrons. The summed E-state index contributed by atoms with van der Waals surface area (Å²) < 4.78 is 14.4. The van der Waals surface area contributed by atoms with Crippen molar-refractivity contribution in [2.45, 2.75) is 26.3 Å². The Kier molecular flexibility index (Phi) is 2.62. The lowest BCUT2D eigenvalue weighted by molar-refractivity contribution is -0.388. The maximum absolute atomic E-state index is 13.5. The summed E-state index contributed by atoms with van der Waals surface area (Å²) in [4.78, 5) is 9.67. The van der Waals surface area contributed by atoms with E-state index >= 15 is 0 Å². The zero-order valence-corrected chi connectivity index (χ0v) is 9.50. The maximum atomic E-state index is 13.5. The van der Waals surface area contributed by atoms with Crippen LogP contribution in [0.4, 0.5) is 10.1 Å². The lowest BCUT2D eigenvalue weighted by Gasteiger charge is -2.18. The molecular formula is C7H9BrFN3O2. The van der Waals surface area contributed by atoms with E-state index in [1.807, 2.05) is 0 Å². The summed E-state index contributed by atoms with van der Waals surface area (Å²) in [5.41, 5.74) is -1.25. The van der Waals surface area contributed by atoms with Gasteiger partial charge in [0.25, 0.3) is 5.95 Å². The third kappa shape index (κ3) is 1.77. The molecule has 7 heteroatoms. The molecule has 0 aliphatic heterocycles. The van der Waals surface area contributed by atoms with Gasteiger partial charge >= 0.3 is 5.69 Å². The molecule has 0 aromatic carbocycles. The number of nitro groups is 1. The largest absolute Gasteiger partial charge is 0.357 e. The average Bonchev–Trinajstić information content (AvgIpc) is 2.24. The summed E-state index contributed by atoms with van der Waals surface area (Å²) in [5, 5.41) is 14.2. The quantitative estimate of drug-likeness (QED) is 0.579. The van der Waals surface area contributed by atoms with Crippen molar-refractivity contribution in [3.05, 3.63) is 20.7 Å². The first kappa shape index (κ1) is 11.1. The van der Waals surface area contributed by atoms with E-state index in [9.17, 15) is 14.5 Å². The molecule has 1 heterocycles. The highest BCUT2D eigenvalue weighted by Gasteiger charge is 2.31. The summed E-state index contributed by atoms with van der Waals surface area (Å²) in [5.74, 6) is -0.936. The highest BCUT2D eigenvalue weighted by molar-refractivity contribution is 9.10. The van der Waals surface area contributed by atoms with Gasteiger partial charge in [0.15, 0.2) is 0 Å². The van der Waals surface area contributed by atoms with Gasteiger partial charge in [0.2, 0.25) is 4.60 Å². The molecule has 1 aromatic heterocycles. The molecule has 0 N–H and O–H groups in total. The van der Waals surface area contributed by atoms with Crippen LogP contribution >= 0.6 is 15.9 Å². The molecule has 0 spiro atoms. The fraction of sp³-hybridized carbons (Fsp3) is 0.571. The van der Waals surface area contributed by atoms with Crippen LogP contribution in [-0.2, 0) is 5.54 Å². The smallest absolute Gasteiger partial charge is 0.258 e. The Morgan fingerprint density at radius 3 is 2.29 bits per heavy atom. The van der Waals surface area contributed by atoms with Crippen LogP contribution in [-0.4, -0.2) is 14.7 Å². The fourth-order valence-corrected chi connectivity index (χ4v) is 1.43.